The molecule has 0 amide bonds. The highest BCUT2D eigenvalue weighted by Gasteiger charge is 2.17. The number of benzene rings is 7. The van der Waals surface area contributed by atoms with Crippen LogP contribution in [-0.4, -0.2) is 15.0 Å². The smallest absolute Gasteiger partial charge is 0.164 e. The molecule has 3 aromatic heterocycles. The second-order valence-corrected chi connectivity index (χ2v) is 13.4. The Labute approximate surface area is 292 Å². The van der Waals surface area contributed by atoms with Gasteiger partial charge in [-0.25, -0.2) is 15.0 Å². The highest BCUT2D eigenvalue weighted by atomic mass is 32.1. The Bertz CT molecular complexity index is 2820. The normalized spacial score (nSPS) is 11.6. The molecule has 0 fully saturated rings. The van der Waals surface area contributed by atoms with Crippen molar-refractivity contribution in [1.82, 2.24) is 15.0 Å². The average molecular weight is 658 g/mol. The van der Waals surface area contributed by atoms with E-state index in [1.807, 2.05) is 78.1 Å². The Balaban J connectivity index is 1.08. The van der Waals surface area contributed by atoms with Crippen molar-refractivity contribution in [2.75, 3.05) is 0 Å². The van der Waals surface area contributed by atoms with Crippen LogP contribution < -0.4 is 0 Å². The van der Waals surface area contributed by atoms with E-state index >= 15 is 0 Å². The van der Waals surface area contributed by atoms with Gasteiger partial charge in [-0.1, -0.05) is 133 Å². The summed E-state index contributed by atoms with van der Waals surface area (Å²) in [6.07, 6.45) is 0. The van der Waals surface area contributed by atoms with Gasteiger partial charge in [0, 0.05) is 53.2 Å². The third-order valence-corrected chi connectivity index (χ3v) is 10.6. The molecular formula is C45H27N3OS. The van der Waals surface area contributed by atoms with E-state index in [0.29, 0.717) is 17.5 Å². The van der Waals surface area contributed by atoms with Gasteiger partial charge in [0.25, 0.3) is 0 Å². The first-order chi connectivity index (χ1) is 24.8. The van der Waals surface area contributed by atoms with Crippen LogP contribution in [0.4, 0.5) is 0 Å². The van der Waals surface area contributed by atoms with Crippen LogP contribution in [0.5, 0.6) is 0 Å². The molecule has 0 saturated heterocycles. The van der Waals surface area contributed by atoms with Gasteiger partial charge in [-0.2, -0.15) is 0 Å². The number of hydrogen-bond acceptors (Lipinski definition) is 5. The molecule has 0 aliphatic heterocycles. The summed E-state index contributed by atoms with van der Waals surface area (Å²) in [6, 6.07) is 56.8. The van der Waals surface area contributed by atoms with Crippen LogP contribution in [0.2, 0.25) is 0 Å². The summed E-state index contributed by atoms with van der Waals surface area (Å²) in [7, 11) is 0. The Kier molecular flexibility index (Phi) is 6.64. The third kappa shape index (κ3) is 4.79. The molecule has 7 aromatic carbocycles. The van der Waals surface area contributed by atoms with Gasteiger partial charge in [-0.05, 0) is 47.0 Å². The van der Waals surface area contributed by atoms with Crippen LogP contribution >= 0.6 is 11.3 Å². The molecule has 234 valence electrons. The number of thiophene rings is 1. The molecular weight excluding hydrogens is 631 g/mol. The van der Waals surface area contributed by atoms with Gasteiger partial charge in [-0.3, -0.25) is 0 Å². The SMILES string of the molecule is c1ccc(-c2nc(-c3ccccc3)nc(-c3ccc4c(c3)oc3cc(-c5ccccc5-c5cccc6c5sc5ccccc56)ccc34)n2)cc1. The molecule has 10 rings (SSSR count). The van der Waals surface area contributed by atoms with E-state index in [2.05, 4.69) is 97.1 Å². The van der Waals surface area contributed by atoms with Gasteiger partial charge < -0.3 is 4.42 Å². The fraction of sp³-hybridized carbons (Fsp3) is 0. The maximum atomic E-state index is 6.59. The molecule has 50 heavy (non-hydrogen) atoms. The second-order valence-electron chi connectivity index (χ2n) is 12.4. The summed E-state index contributed by atoms with van der Waals surface area (Å²) in [5.41, 5.74) is 9.13. The van der Waals surface area contributed by atoms with Crippen LogP contribution in [0.1, 0.15) is 0 Å². The van der Waals surface area contributed by atoms with Crippen LogP contribution in [0.3, 0.4) is 0 Å². The molecule has 0 unspecified atom stereocenters. The largest absolute Gasteiger partial charge is 0.456 e. The molecule has 0 spiro atoms. The van der Waals surface area contributed by atoms with Gasteiger partial charge in [0.2, 0.25) is 0 Å². The third-order valence-electron chi connectivity index (χ3n) is 9.36. The Morgan fingerprint density at radius 1 is 0.360 bits per heavy atom. The van der Waals surface area contributed by atoms with E-state index in [0.717, 1.165) is 44.2 Å². The monoisotopic (exact) mass is 657 g/mol. The van der Waals surface area contributed by atoms with E-state index in [9.17, 15) is 0 Å². The summed E-state index contributed by atoms with van der Waals surface area (Å²) < 4.78 is 9.21. The minimum Gasteiger partial charge on any atom is -0.456 e. The van der Waals surface area contributed by atoms with E-state index < -0.39 is 0 Å². The topological polar surface area (TPSA) is 51.8 Å². The van der Waals surface area contributed by atoms with Gasteiger partial charge in [0.05, 0.1) is 0 Å². The maximum Gasteiger partial charge on any atom is 0.164 e. The predicted molar refractivity (Wildman–Crippen MR) is 207 cm³/mol. The average Bonchev–Trinajstić information content (AvgIpc) is 3.76. The van der Waals surface area contributed by atoms with Crippen LogP contribution in [0.25, 0.3) is 98.5 Å². The number of fused-ring (bicyclic) bond motifs is 6. The highest BCUT2D eigenvalue weighted by molar-refractivity contribution is 7.26. The molecule has 0 aliphatic carbocycles. The van der Waals surface area contributed by atoms with Crippen molar-refractivity contribution in [2.45, 2.75) is 0 Å². The molecule has 5 heteroatoms. The van der Waals surface area contributed by atoms with E-state index in [1.54, 1.807) is 0 Å². The Hall–Kier alpha value is -6.43. The van der Waals surface area contributed by atoms with Crippen molar-refractivity contribution >= 4 is 53.4 Å². The second kappa shape index (κ2) is 11.6. The van der Waals surface area contributed by atoms with Gasteiger partial charge in [0.1, 0.15) is 11.2 Å². The fourth-order valence-electron chi connectivity index (χ4n) is 6.95. The molecule has 3 heterocycles. The van der Waals surface area contributed by atoms with Gasteiger partial charge >= 0.3 is 0 Å². The zero-order valence-electron chi connectivity index (χ0n) is 26.7. The minimum absolute atomic E-state index is 0.602. The van der Waals surface area contributed by atoms with Crippen molar-refractivity contribution in [3.63, 3.8) is 0 Å². The predicted octanol–water partition coefficient (Wildman–Crippen LogP) is 12.5. The minimum atomic E-state index is 0.602. The number of rotatable bonds is 5. The van der Waals surface area contributed by atoms with Crippen molar-refractivity contribution < 1.29 is 4.42 Å². The first-order valence-electron chi connectivity index (χ1n) is 16.6. The number of aromatic nitrogens is 3. The van der Waals surface area contributed by atoms with E-state index in [4.69, 9.17) is 19.4 Å². The lowest BCUT2D eigenvalue weighted by Gasteiger charge is -2.11. The first-order valence-corrected chi connectivity index (χ1v) is 17.4. The molecule has 4 nitrogen and oxygen atoms in total. The molecule has 0 saturated carbocycles. The summed E-state index contributed by atoms with van der Waals surface area (Å²) >= 11 is 1.86. The lowest BCUT2D eigenvalue weighted by molar-refractivity contribution is 0.669. The van der Waals surface area contributed by atoms with Crippen molar-refractivity contribution in [1.29, 1.82) is 0 Å². The highest BCUT2D eigenvalue weighted by Crippen LogP contribution is 2.43. The van der Waals surface area contributed by atoms with Crippen LogP contribution in [-0.2, 0) is 0 Å². The lowest BCUT2D eigenvalue weighted by Crippen LogP contribution is -2.00. The maximum absolute atomic E-state index is 6.59. The molecule has 10 aromatic rings. The number of nitrogens with zero attached hydrogens (tertiary/aromatic N) is 3. The lowest BCUT2D eigenvalue weighted by atomic mass is 9.93. The zero-order valence-corrected chi connectivity index (χ0v) is 27.6. The van der Waals surface area contributed by atoms with Gasteiger partial charge in [0.15, 0.2) is 17.5 Å². The Morgan fingerprint density at radius 3 is 1.58 bits per heavy atom. The summed E-state index contributed by atoms with van der Waals surface area (Å²) in [5, 5.41) is 4.73. The summed E-state index contributed by atoms with van der Waals surface area (Å²) in [5.74, 6) is 1.87. The van der Waals surface area contributed by atoms with Gasteiger partial charge in [-0.15, -0.1) is 11.3 Å². The van der Waals surface area contributed by atoms with E-state index in [-0.39, 0.29) is 0 Å². The summed E-state index contributed by atoms with van der Waals surface area (Å²) in [6.45, 7) is 0. The molecule has 0 bridgehead atoms. The van der Waals surface area contributed by atoms with Crippen molar-refractivity contribution in [3.05, 3.63) is 164 Å². The number of hydrogen-bond donors (Lipinski definition) is 0. The van der Waals surface area contributed by atoms with Crippen molar-refractivity contribution in [3.8, 4) is 56.4 Å². The van der Waals surface area contributed by atoms with Crippen LogP contribution in [0, 0.1) is 0 Å². The summed E-state index contributed by atoms with van der Waals surface area (Å²) in [4.78, 5) is 14.7. The molecule has 0 aliphatic rings. The zero-order chi connectivity index (χ0) is 33.0. The van der Waals surface area contributed by atoms with E-state index in [1.165, 1.54) is 36.9 Å². The van der Waals surface area contributed by atoms with Crippen LogP contribution in [0.15, 0.2) is 168 Å². The van der Waals surface area contributed by atoms with Crippen molar-refractivity contribution in [2.24, 2.45) is 0 Å². The number of furan rings is 1. The fourth-order valence-corrected chi connectivity index (χ4v) is 8.18. The standard InChI is InChI=1S/C45H27N3OS/c1-3-12-28(13-4-1)43-46-44(29-14-5-2-6-15-29)48-45(47-43)31-23-25-35-34-24-22-30(26-39(34)49-40(35)27-31)32-16-7-8-17-33(32)37-19-11-20-38-36-18-9-10-21-41(36)50-42(37)38/h1-27H. The Morgan fingerprint density at radius 2 is 0.880 bits per heavy atom. The molecule has 0 atom stereocenters. The molecule has 0 radical (unpaired) electrons. The quantitative estimate of drug-likeness (QED) is 0.185. The first kappa shape index (κ1) is 28.6. The molecule has 0 N–H and O–H groups in total.